The van der Waals surface area contributed by atoms with Crippen LogP contribution >= 0.6 is 0 Å². The second kappa shape index (κ2) is 10.4. The Labute approximate surface area is 187 Å². The summed E-state index contributed by atoms with van der Waals surface area (Å²) in [6.45, 7) is 5.03. The highest BCUT2D eigenvalue weighted by molar-refractivity contribution is 6.08. The van der Waals surface area contributed by atoms with Crippen molar-refractivity contribution in [2.75, 3.05) is 40.0 Å². The van der Waals surface area contributed by atoms with Gasteiger partial charge in [-0.3, -0.25) is 9.69 Å². The smallest absolute Gasteiger partial charge is 0.328 e. The maximum Gasteiger partial charge on any atom is 0.328 e. The van der Waals surface area contributed by atoms with Crippen LogP contribution in [-0.4, -0.2) is 67.3 Å². The normalized spacial score (nSPS) is 15.4. The number of nitrogens with zero attached hydrogens (tertiary/aromatic N) is 2. The van der Waals surface area contributed by atoms with Crippen LogP contribution in [0.3, 0.4) is 0 Å². The number of para-hydroxylation sites is 1. The largest absolute Gasteiger partial charge is 0.467 e. The van der Waals surface area contributed by atoms with Crippen LogP contribution in [0.25, 0.3) is 10.9 Å². The number of esters is 1. The summed E-state index contributed by atoms with van der Waals surface area (Å²) in [6.07, 6.45) is 2.26. The second-order valence-corrected chi connectivity index (χ2v) is 7.95. The average Bonchev–Trinajstić information content (AvgIpc) is 3.22. The molecular weight excluding hydrogens is 406 g/mol. The van der Waals surface area contributed by atoms with Crippen molar-refractivity contribution in [3.05, 3.63) is 71.9 Å². The molecule has 7 nitrogen and oxygen atoms in total. The zero-order valence-electron chi connectivity index (χ0n) is 18.3. The number of fused-ring (bicyclic) bond motifs is 1. The van der Waals surface area contributed by atoms with E-state index in [-0.39, 0.29) is 5.91 Å². The van der Waals surface area contributed by atoms with Crippen LogP contribution < -0.4 is 5.32 Å². The number of amides is 1. The van der Waals surface area contributed by atoms with Crippen molar-refractivity contribution in [2.45, 2.75) is 19.0 Å². The summed E-state index contributed by atoms with van der Waals surface area (Å²) >= 11 is 0. The van der Waals surface area contributed by atoms with Crippen molar-refractivity contribution in [1.29, 1.82) is 0 Å². The highest BCUT2D eigenvalue weighted by Gasteiger charge is 2.24. The fourth-order valence-electron chi connectivity index (χ4n) is 4.11. The Morgan fingerprint density at radius 2 is 1.75 bits per heavy atom. The Kier molecular flexibility index (Phi) is 7.19. The summed E-state index contributed by atoms with van der Waals surface area (Å²) in [5, 5.41) is 3.76. The van der Waals surface area contributed by atoms with Crippen LogP contribution in [0.2, 0.25) is 0 Å². The minimum absolute atomic E-state index is 0.280. The average molecular weight is 436 g/mol. The number of rotatable bonds is 8. The van der Waals surface area contributed by atoms with Gasteiger partial charge in [0, 0.05) is 49.7 Å². The molecule has 168 valence electrons. The van der Waals surface area contributed by atoms with Crippen LogP contribution in [0.15, 0.2) is 60.8 Å². The Bertz CT molecular complexity index is 1060. The van der Waals surface area contributed by atoms with E-state index in [9.17, 15) is 9.59 Å². The number of ether oxygens (including phenoxy) is 2. The van der Waals surface area contributed by atoms with Crippen molar-refractivity contribution in [1.82, 2.24) is 14.8 Å². The number of methoxy groups -OCH3 is 1. The van der Waals surface area contributed by atoms with Crippen LogP contribution in [0.1, 0.15) is 15.9 Å². The first-order valence-corrected chi connectivity index (χ1v) is 11.0. The lowest BCUT2D eigenvalue weighted by molar-refractivity contribution is -0.142. The van der Waals surface area contributed by atoms with Crippen molar-refractivity contribution in [2.24, 2.45) is 0 Å². The van der Waals surface area contributed by atoms with Gasteiger partial charge in [0.25, 0.3) is 5.91 Å². The van der Waals surface area contributed by atoms with Crippen molar-refractivity contribution in [3.63, 3.8) is 0 Å². The molecule has 1 atom stereocenters. The SMILES string of the molecule is COC(=O)[C@H](Cc1ccccc1)NC(=O)c1cn(CCN2CCOCC2)c2ccccc12. The molecule has 0 saturated carbocycles. The highest BCUT2D eigenvalue weighted by Crippen LogP contribution is 2.22. The zero-order chi connectivity index (χ0) is 22.3. The topological polar surface area (TPSA) is 72.8 Å². The van der Waals surface area contributed by atoms with Gasteiger partial charge in [0.1, 0.15) is 6.04 Å². The first-order chi connectivity index (χ1) is 15.7. The van der Waals surface area contributed by atoms with Gasteiger partial charge in [-0.15, -0.1) is 0 Å². The maximum absolute atomic E-state index is 13.2. The molecule has 2 heterocycles. The van der Waals surface area contributed by atoms with E-state index in [0.29, 0.717) is 12.0 Å². The van der Waals surface area contributed by atoms with Gasteiger partial charge in [-0.2, -0.15) is 0 Å². The van der Waals surface area contributed by atoms with E-state index in [2.05, 4.69) is 14.8 Å². The number of morpholine rings is 1. The van der Waals surface area contributed by atoms with Gasteiger partial charge in [0.15, 0.2) is 0 Å². The molecule has 0 aliphatic carbocycles. The van der Waals surface area contributed by atoms with E-state index >= 15 is 0 Å². The van der Waals surface area contributed by atoms with E-state index in [0.717, 1.165) is 55.9 Å². The molecule has 1 saturated heterocycles. The molecule has 1 fully saturated rings. The van der Waals surface area contributed by atoms with Gasteiger partial charge >= 0.3 is 5.97 Å². The highest BCUT2D eigenvalue weighted by atomic mass is 16.5. The predicted octanol–water partition coefficient (Wildman–Crippen LogP) is 2.49. The maximum atomic E-state index is 13.2. The lowest BCUT2D eigenvalue weighted by Gasteiger charge is -2.26. The second-order valence-electron chi connectivity index (χ2n) is 7.95. The van der Waals surface area contributed by atoms with E-state index in [1.54, 1.807) is 0 Å². The quantitative estimate of drug-likeness (QED) is 0.551. The lowest BCUT2D eigenvalue weighted by Crippen LogP contribution is -2.43. The van der Waals surface area contributed by atoms with Gasteiger partial charge in [-0.05, 0) is 11.6 Å². The van der Waals surface area contributed by atoms with Crippen LogP contribution in [-0.2, 0) is 27.2 Å². The van der Waals surface area contributed by atoms with E-state index < -0.39 is 12.0 Å². The number of aromatic nitrogens is 1. The van der Waals surface area contributed by atoms with Gasteiger partial charge in [0.05, 0.1) is 25.9 Å². The van der Waals surface area contributed by atoms with Gasteiger partial charge < -0.3 is 19.4 Å². The first-order valence-electron chi connectivity index (χ1n) is 11.0. The van der Waals surface area contributed by atoms with Crippen LogP contribution in [0.4, 0.5) is 0 Å². The summed E-state index contributed by atoms with van der Waals surface area (Å²) in [7, 11) is 1.34. The molecule has 4 rings (SSSR count). The summed E-state index contributed by atoms with van der Waals surface area (Å²) in [6, 6.07) is 16.7. The molecule has 7 heteroatoms. The molecule has 1 aliphatic heterocycles. The molecule has 0 unspecified atom stereocenters. The minimum atomic E-state index is -0.759. The molecule has 1 N–H and O–H groups in total. The van der Waals surface area contributed by atoms with Crippen molar-refractivity contribution in [3.8, 4) is 0 Å². The molecule has 1 aromatic heterocycles. The Hall–Kier alpha value is -3.16. The molecule has 0 bridgehead atoms. The predicted molar refractivity (Wildman–Crippen MR) is 123 cm³/mol. The van der Waals surface area contributed by atoms with Gasteiger partial charge in [-0.1, -0.05) is 48.5 Å². The number of hydrogen-bond acceptors (Lipinski definition) is 5. The van der Waals surface area contributed by atoms with Gasteiger partial charge in [0.2, 0.25) is 0 Å². The Balaban J connectivity index is 1.53. The fourth-order valence-corrected chi connectivity index (χ4v) is 4.11. The minimum Gasteiger partial charge on any atom is -0.467 e. The standard InChI is InChI=1S/C25H29N3O4/c1-31-25(30)22(17-19-7-3-2-4-8-19)26-24(29)21-18-28(23-10-6-5-9-20(21)23)12-11-27-13-15-32-16-14-27/h2-10,18,22H,11-17H2,1H3,(H,26,29)/t22-/m0/s1. The molecule has 0 radical (unpaired) electrons. The Morgan fingerprint density at radius 3 is 2.50 bits per heavy atom. The van der Waals surface area contributed by atoms with E-state index in [4.69, 9.17) is 9.47 Å². The third-order valence-electron chi connectivity index (χ3n) is 5.87. The van der Waals surface area contributed by atoms with Gasteiger partial charge in [-0.25, -0.2) is 4.79 Å². The van der Waals surface area contributed by atoms with Crippen molar-refractivity contribution >= 4 is 22.8 Å². The van der Waals surface area contributed by atoms with Crippen LogP contribution in [0, 0.1) is 0 Å². The third-order valence-corrected chi connectivity index (χ3v) is 5.87. The summed E-state index contributed by atoms with van der Waals surface area (Å²) in [5.74, 6) is -0.740. The Morgan fingerprint density at radius 1 is 1.03 bits per heavy atom. The fraction of sp³-hybridized carbons (Fsp3) is 0.360. The lowest BCUT2D eigenvalue weighted by atomic mass is 10.1. The number of carbonyl (C=O) groups excluding carboxylic acids is 2. The van der Waals surface area contributed by atoms with Crippen molar-refractivity contribution < 1.29 is 19.1 Å². The molecule has 32 heavy (non-hydrogen) atoms. The first kappa shape index (κ1) is 22.0. The summed E-state index contributed by atoms with van der Waals surface area (Å²) < 4.78 is 12.5. The summed E-state index contributed by atoms with van der Waals surface area (Å²) in [5.41, 5.74) is 2.52. The number of nitrogens with one attached hydrogen (secondary N) is 1. The van der Waals surface area contributed by atoms with E-state index in [1.165, 1.54) is 7.11 Å². The summed E-state index contributed by atoms with van der Waals surface area (Å²) in [4.78, 5) is 28.0. The molecule has 3 aromatic rings. The molecular formula is C25H29N3O4. The molecule has 0 spiro atoms. The zero-order valence-corrected chi connectivity index (χ0v) is 18.3. The monoisotopic (exact) mass is 435 g/mol. The third kappa shape index (κ3) is 5.18. The molecule has 1 amide bonds. The molecule has 1 aliphatic rings. The number of hydrogen-bond donors (Lipinski definition) is 1. The number of benzene rings is 2. The van der Waals surface area contributed by atoms with E-state index in [1.807, 2.05) is 60.8 Å². The van der Waals surface area contributed by atoms with Crippen LogP contribution in [0.5, 0.6) is 0 Å². The number of carbonyl (C=O) groups is 2. The molecule has 2 aromatic carbocycles.